The molecule has 2 heterocycles. The minimum absolute atomic E-state index is 0.111. The number of non-ortho nitro benzene ring substituents is 1. The monoisotopic (exact) mass is 486 g/mol. The van der Waals surface area contributed by atoms with Gasteiger partial charge in [0.15, 0.2) is 6.61 Å². The molecule has 0 saturated heterocycles. The largest absolute Gasteiger partial charge is 0.462 e. The zero-order valence-corrected chi connectivity index (χ0v) is 18.9. The number of anilines is 1. The van der Waals surface area contributed by atoms with Crippen LogP contribution in [-0.2, 0) is 19.1 Å². The molecule has 3 aromatic rings. The van der Waals surface area contributed by atoms with Gasteiger partial charge < -0.3 is 14.8 Å². The highest BCUT2D eigenvalue weighted by atomic mass is 32.1. The summed E-state index contributed by atoms with van der Waals surface area (Å²) in [7, 11) is 0. The maximum atomic E-state index is 12.5. The third-order valence-electron chi connectivity index (χ3n) is 4.15. The lowest BCUT2D eigenvalue weighted by Gasteiger charge is -2.08. The third-order valence-corrected chi connectivity index (χ3v) is 5.95. The van der Waals surface area contributed by atoms with Crippen molar-refractivity contribution in [2.75, 3.05) is 18.5 Å². The number of nitro groups is 1. The first kappa shape index (κ1) is 23.8. The number of hydrogen-bond donors (Lipinski definition) is 1. The average molecular weight is 487 g/mol. The second-order valence-electron chi connectivity index (χ2n) is 6.39. The maximum Gasteiger partial charge on any atom is 0.341 e. The number of nitrogens with zero attached hydrogens (tertiary/aromatic N) is 1. The van der Waals surface area contributed by atoms with Crippen molar-refractivity contribution >= 4 is 57.3 Å². The molecule has 0 atom stereocenters. The number of nitrogens with one attached hydrogen (secondary N) is 1. The average Bonchev–Trinajstić information content (AvgIpc) is 3.46. The van der Waals surface area contributed by atoms with Crippen LogP contribution in [0.1, 0.15) is 22.8 Å². The van der Waals surface area contributed by atoms with Crippen LogP contribution >= 0.6 is 22.7 Å². The molecule has 0 unspecified atom stereocenters. The smallest absolute Gasteiger partial charge is 0.341 e. The second kappa shape index (κ2) is 11.2. The number of esters is 2. The molecule has 170 valence electrons. The summed E-state index contributed by atoms with van der Waals surface area (Å²) in [6.45, 7) is 1.29. The summed E-state index contributed by atoms with van der Waals surface area (Å²) in [6, 6.07) is 9.42. The molecule has 11 heteroatoms. The number of ether oxygens (including phenoxy) is 2. The standard InChI is InChI=1S/C22H18N2O7S2/c1-2-30-22(27)20-16(17-7-4-10-32-17)13-33-21(20)23-18(25)12-31-19(26)9-8-14-5-3-6-15(11-14)24(28)29/h3-11,13H,2,12H2,1H3,(H,23,25). The molecule has 9 nitrogen and oxygen atoms in total. The number of carbonyl (C=O) groups excluding carboxylic acids is 3. The predicted octanol–water partition coefficient (Wildman–Crippen LogP) is 4.76. The summed E-state index contributed by atoms with van der Waals surface area (Å²) in [6.07, 6.45) is 2.41. The molecule has 1 amide bonds. The zero-order valence-electron chi connectivity index (χ0n) is 17.3. The lowest BCUT2D eigenvalue weighted by molar-refractivity contribution is -0.384. The van der Waals surface area contributed by atoms with Crippen molar-refractivity contribution in [2.24, 2.45) is 0 Å². The van der Waals surface area contributed by atoms with Gasteiger partial charge in [0, 0.05) is 34.0 Å². The number of nitro benzene ring substituents is 1. The zero-order chi connectivity index (χ0) is 23.8. The van der Waals surface area contributed by atoms with Gasteiger partial charge in [-0.05, 0) is 30.0 Å². The Morgan fingerprint density at radius 2 is 1.97 bits per heavy atom. The molecule has 0 radical (unpaired) electrons. The molecule has 0 saturated carbocycles. The summed E-state index contributed by atoms with van der Waals surface area (Å²) in [5, 5.41) is 17.3. The summed E-state index contributed by atoms with van der Waals surface area (Å²) in [4.78, 5) is 47.8. The fraction of sp³-hybridized carbons (Fsp3) is 0.136. The number of hydrogen-bond acceptors (Lipinski definition) is 9. The Labute approximate surface area is 196 Å². The summed E-state index contributed by atoms with van der Waals surface area (Å²) in [5.74, 6) is -1.99. The van der Waals surface area contributed by atoms with Gasteiger partial charge in [0.05, 0.1) is 11.5 Å². The molecule has 0 spiro atoms. The highest BCUT2D eigenvalue weighted by Crippen LogP contribution is 2.38. The van der Waals surface area contributed by atoms with Crippen LogP contribution in [0, 0.1) is 10.1 Å². The van der Waals surface area contributed by atoms with E-state index in [1.54, 1.807) is 18.4 Å². The van der Waals surface area contributed by atoms with Crippen LogP contribution in [0.4, 0.5) is 10.7 Å². The van der Waals surface area contributed by atoms with Crippen LogP contribution in [0.15, 0.2) is 53.2 Å². The first-order chi connectivity index (χ1) is 15.9. The van der Waals surface area contributed by atoms with E-state index in [1.807, 2.05) is 17.5 Å². The van der Waals surface area contributed by atoms with Gasteiger partial charge in [0.25, 0.3) is 11.6 Å². The molecule has 2 aromatic heterocycles. The highest BCUT2D eigenvalue weighted by molar-refractivity contribution is 7.17. The lowest BCUT2D eigenvalue weighted by Crippen LogP contribution is -2.21. The Balaban J connectivity index is 1.63. The molecule has 1 aromatic carbocycles. The normalized spacial score (nSPS) is 10.7. The molecular weight excluding hydrogens is 468 g/mol. The van der Waals surface area contributed by atoms with Crippen molar-refractivity contribution in [3.05, 3.63) is 74.5 Å². The lowest BCUT2D eigenvalue weighted by atomic mass is 10.1. The number of carbonyl (C=O) groups is 3. The van der Waals surface area contributed by atoms with Crippen molar-refractivity contribution in [2.45, 2.75) is 6.92 Å². The molecule has 3 rings (SSSR count). The Hall–Kier alpha value is -3.83. The van der Waals surface area contributed by atoms with E-state index in [0.717, 1.165) is 11.0 Å². The van der Waals surface area contributed by atoms with Crippen LogP contribution in [0.2, 0.25) is 0 Å². The van der Waals surface area contributed by atoms with Crippen LogP contribution < -0.4 is 5.32 Å². The molecule has 0 aliphatic heterocycles. The Morgan fingerprint density at radius 3 is 2.67 bits per heavy atom. The maximum absolute atomic E-state index is 12.5. The van der Waals surface area contributed by atoms with Gasteiger partial charge >= 0.3 is 11.9 Å². The van der Waals surface area contributed by atoms with Gasteiger partial charge in [0.2, 0.25) is 0 Å². The Morgan fingerprint density at radius 1 is 1.15 bits per heavy atom. The quantitative estimate of drug-likeness (QED) is 0.200. The van der Waals surface area contributed by atoms with Gasteiger partial charge in [-0.2, -0.15) is 0 Å². The van der Waals surface area contributed by atoms with E-state index in [9.17, 15) is 24.5 Å². The van der Waals surface area contributed by atoms with E-state index in [2.05, 4.69) is 5.32 Å². The molecule has 0 fully saturated rings. The molecule has 1 N–H and O–H groups in total. The van der Waals surface area contributed by atoms with Crippen LogP contribution in [0.3, 0.4) is 0 Å². The van der Waals surface area contributed by atoms with Crippen molar-refractivity contribution < 1.29 is 28.8 Å². The summed E-state index contributed by atoms with van der Waals surface area (Å²) >= 11 is 2.62. The minimum Gasteiger partial charge on any atom is -0.462 e. The summed E-state index contributed by atoms with van der Waals surface area (Å²) < 4.78 is 10.0. The van der Waals surface area contributed by atoms with E-state index >= 15 is 0 Å². The first-order valence-electron chi connectivity index (χ1n) is 9.60. The molecule has 0 aliphatic carbocycles. The van der Waals surface area contributed by atoms with Gasteiger partial charge in [-0.15, -0.1) is 22.7 Å². The number of benzene rings is 1. The molecule has 0 aliphatic rings. The predicted molar refractivity (Wildman–Crippen MR) is 125 cm³/mol. The van der Waals surface area contributed by atoms with Gasteiger partial charge in [0.1, 0.15) is 10.6 Å². The number of thiophene rings is 2. The second-order valence-corrected chi connectivity index (χ2v) is 8.22. The summed E-state index contributed by atoms with van der Waals surface area (Å²) in [5.41, 5.74) is 1.22. The number of amides is 1. The van der Waals surface area contributed by atoms with Gasteiger partial charge in [-0.3, -0.25) is 14.9 Å². The van der Waals surface area contributed by atoms with Crippen molar-refractivity contribution in [3.8, 4) is 10.4 Å². The molecule has 0 bridgehead atoms. The molecule has 33 heavy (non-hydrogen) atoms. The SMILES string of the molecule is CCOC(=O)c1c(-c2cccs2)csc1NC(=O)COC(=O)C=Cc1cccc([N+](=O)[O-])c1. The topological polar surface area (TPSA) is 125 Å². The highest BCUT2D eigenvalue weighted by Gasteiger charge is 2.23. The number of rotatable bonds is 9. The molecular formula is C22H18N2O7S2. The van der Waals surface area contributed by atoms with Crippen molar-refractivity contribution in [1.82, 2.24) is 0 Å². The van der Waals surface area contributed by atoms with E-state index in [0.29, 0.717) is 16.1 Å². The van der Waals surface area contributed by atoms with E-state index < -0.39 is 29.4 Å². The minimum atomic E-state index is -0.798. The van der Waals surface area contributed by atoms with Gasteiger partial charge in [-0.25, -0.2) is 9.59 Å². The van der Waals surface area contributed by atoms with E-state index in [1.165, 1.54) is 46.9 Å². The van der Waals surface area contributed by atoms with Crippen LogP contribution in [-0.4, -0.2) is 36.0 Å². The van der Waals surface area contributed by atoms with Crippen molar-refractivity contribution in [1.29, 1.82) is 0 Å². The Bertz CT molecular complexity index is 1200. The Kier molecular flexibility index (Phi) is 8.06. The van der Waals surface area contributed by atoms with Crippen LogP contribution in [0.5, 0.6) is 0 Å². The fourth-order valence-corrected chi connectivity index (χ4v) is 4.51. The van der Waals surface area contributed by atoms with Crippen molar-refractivity contribution in [3.63, 3.8) is 0 Å². The van der Waals surface area contributed by atoms with E-state index in [4.69, 9.17) is 9.47 Å². The first-order valence-corrected chi connectivity index (χ1v) is 11.4. The third kappa shape index (κ3) is 6.34. The van der Waals surface area contributed by atoms with Gasteiger partial charge in [-0.1, -0.05) is 18.2 Å². The van der Waals surface area contributed by atoms with E-state index in [-0.39, 0.29) is 17.9 Å². The van der Waals surface area contributed by atoms with Crippen LogP contribution in [0.25, 0.3) is 16.5 Å². The fourth-order valence-electron chi connectivity index (χ4n) is 2.72.